The van der Waals surface area contributed by atoms with E-state index in [2.05, 4.69) is 10.3 Å². The first kappa shape index (κ1) is 22.7. The van der Waals surface area contributed by atoms with Crippen LogP contribution in [0.15, 0.2) is 24.4 Å². The van der Waals surface area contributed by atoms with Gasteiger partial charge >= 0.3 is 5.97 Å². The topological polar surface area (TPSA) is 84.4 Å². The van der Waals surface area contributed by atoms with Gasteiger partial charge in [0.15, 0.2) is 5.13 Å². The molecule has 3 heterocycles. The number of aromatic nitrogens is 2. The van der Waals surface area contributed by atoms with Crippen LogP contribution >= 0.6 is 11.3 Å². The molecule has 0 radical (unpaired) electrons. The van der Waals surface area contributed by atoms with E-state index in [1.807, 2.05) is 36.2 Å². The summed E-state index contributed by atoms with van der Waals surface area (Å²) in [7, 11) is 1.43. The Morgan fingerprint density at radius 1 is 1.16 bits per heavy atom. The van der Waals surface area contributed by atoms with Gasteiger partial charge in [0.25, 0.3) is 0 Å². The second-order valence-electron chi connectivity index (χ2n) is 8.85. The molecule has 172 valence electrons. The van der Waals surface area contributed by atoms with Crippen molar-refractivity contribution in [2.45, 2.75) is 57.8 Å². The van der Waals surface area contributed by atoms with Gasteiger partial charge in [0.2, 0.25) is 5.91 Å². The smallest absolute Gasteiger partial charge is 0.315 e. The maximum absolute atomic E-state index is 12.9. The van der Waals surface area contributed by atoms with Crippen LogP contribution in [-0.2, 0) is 14.3 Å². The second-order valence-corrected chi connectivity index (χ2v) is 10.1. The van der Waals surface area contributed by atoms with Gasteiger partial charge in [-0.05, 0) is 50.7 Å². The molecular formula is C24H32N4O3S. The van der Waals surface area contributed by atoms with E-state index in [4.69, 9.17) is 9.72 Å². The highest BCUT2D eigenvalue weighted by molar-refractivity contribution is 7.15. The molecule has 1 N–H and O–H groups in total. The van der Waals surface area contributed by atoms with Crippen LogP contribution in [-0.4, -0.2) is 46.9 Å². The van der Waals surface area contributed by atoms with E-state index in [0.29, 0.717) is 30.5 Å². The molecule has 1 atom stereocenters. The predicted molar refractivity (Wildman–Crippen MR) is 125 cm³/mol. The van der Waals surface area contributed by atoms with Gasteiger partial charge in [-0.2, -0.15) is 0 Å². The Balaban J connectivity index is 1.44. The van der Waals surface area contributed by atoms with Crippen LogP contribution in [0, 0.1) is 18.8 Å². The Hall–Kier alpha value is -2.48. The van der Waals surface area contributed by atoms with E-state index < -0.39 is 5.92 Å². The van der Waals surface area contributed by atoms with Crippen molar-refractivity contribution < 1.29 is 14.3 Å². The summed E-state index contributed by atoms with van der Waals surface area (Å²) in [4.78, 5) is 37.9. The molecule has 1 aliphatic carbocycles. The summed E-state index contributed by atoms with van der Waals surface area (Å²) < 4.78 is 5.16. The van der Waals surface area contributed by atoms with Gasteiger partial charge in [-0.1, -0.05) is 25.3 Å². The summed E-state index contributed by atoms with van der Waals surface area (Å²) in [6, 6.07) is 5.67. The van der Waals surface area contributed by atoms with Crippen LogP contribution in [0.5, 0.6) is 0 Å². The lowest BCUT2D eigenvalue weighted by Gasteiger charge is -2.37. The third kappa shape index (κ3) is 5.28. The average Bonchev–Trinajstić information content (AvgIpc) is 3.24. The number of rotatable bonds is 6. The average molecular weight is 457 g/mol. The fourth-order valence-corrected chi connectivity index (χ4v) is 5.63. The molecule has 8 heteroatoms. The van der Waals surface area contributed by atoms with Crippen molar-refractivity contribution in [1.29, 1.82) is 0 Å². The number of nitrogens with zero attached hydrogens (tertiary/aromatic N) is 3. The maximum atomic E-state index is 12.9. The third-order valence-electron chi connectivity index (χ3n) is 6.68. The van der Waals surface area contributed by atoms with Crippen molar-refractivity contribution in [3.8, 4) is 0 Å². The van der Waals surface area contributed by atoms with Gasteiger partial charge in [0, 0.05) is 30.1 Å². The third-order valence-corrected chi connectivity index (χ3v) is 7.51. The van der Waals surface area contributed by atoms with E-state index in [9.17, 15) is 9.59 Å². The number of esters is 1. The molecular weight excluding hydrogens is 424 g/mol. The number of ether oxygens (including phenoxy) is 1. The van der Waals surface area contributed by atoms with Gasteiger partial charge < -0.3 is 15.0 Å². The van der Waals surface area contributed by atoms with Crippen molar-refractivity contribution in [2.75, 3.05) is 25.5 Å². The maximum Gasteiger partial charge on any atom is 0.315 e. The number of hydrogen-bond acceptors (Lipinski definition) is 7. The minimum absolute atomic E-state index is 0.0997. The number of methoxy groups -OCH3 is 1. The number of hydrogen-bond donors (Lipinski definition) is 1. The predicted octanol–water partition coefficient (Wildman–Crippen LogP) is 4.67. The minimum Gasteiger partial charge on any atom is -0.468 e. The zero-order chi connectivity index (χ0) is 22.5. The van der Waals surface area contributed by atoms with Gasteiger partial charge in [-0.25, -0.2) is 9.97 Å². The van der Waals surface area contributed by atoms with Crippen molar-refractivity contribution in [3.05, 3.63) is 35.0 Å². The normalized spacial score (nSPS) is 18.9. The number of carbonyl (C=O) groups excluding carboxylic acids is 2. The first-order valence-corrected chi connectivity index (χ1v) is 12.4. The standard InChI is InChI=1S/C24H32N4O3S/c1-16-15-25-24(32-16)27-20-10-6-9-19(26-20)21(23(30)31-2)17-11-13-28(14-12-17)22(29)18-7-4-3-5-8-18/h6,9-10,15,17-18,21H,3-5,7-8,11-14H2,1-2H3,(H,25,26,27). The summed E-state index contributed by atoms with van der Waals surface area (Å²) in [5.74, 6) is 0.554. The number of thiazole rings is 1. The molecule has 32 heavy (non-hydrogen) atoms. The highest BCUT2D eigenvalue weighted by atomic mass is 32.1. The van der Waals surface area contributed by atoms with E-state index in [1.165, 1.54) is 13.5 Å². The largest absolute Gasteiger partial charge is 0.468 e. The minimum atomic E-state index is -0.438. The van der Waals surface area contributed by atoms with Crippen molar-refractivity contribution in [1.82, 2.24) is 14.9 Å². The molecule has 1 aliphatic heterocycles. The van der Waals surface area contributed by atoms with E-state index in [-0.39, 0.29) is 17.8 Å². The summed E-state index contributed by atoms with van der Waals surface area (Å²) in [5, 5.41) is 4.00. The fraction of sp³-hybridized carbons (Fsp3) is 0.583. The fourth-order valence-electron chi connectivity index (χ4n) is 4.96. The first-order valence-electron chi connectivity index (χ1n) is 11.6. The Bertz CT molecular complexity index is 933. The summed E-state index contributed by atoms with van der Waals surface area (Å²) in [6.07, 6.45) is 8.98. The molecule has 2 fully saturated rings. The number of nitrogens with one attached hydrogen (secondary N) is 1. The number of piperidine rings is 1. The number of amides is 1. The second kappa shape index (κ2) is 10.4. The van der Waals surface area contributed by atoms with E-state index in [0.717, 1.165) is 48.5 Å². The quantitative estimate of drug-likeness (QED) is 0.636. The van der Waals surface area contributed by atoms with Gasteiger partial charge in [-0.3, -0.25) is 9.59 Å². The molecule has 4 rings (SSSR count). The first-order chi connectivity index (χ1) is 15.5. The monoisotopic (exact) mass is 456 g/mol. The molecule has 1 unspecified atom stereocenters. The lowest BCUT2D eigenvalue weighted by atomic mass is 9.81. The molecule has 7 nitrogen and oxygen atoms in total. The van der Waals surface area contributed by atoms with E-state index in [1.54, 1.807) is 11.3 Å². The zero-order valence-electron chi connectivity index (χ0n) is 18.9. The van der Waals surface area contributed by atoms with Crippen LogP contribution in [0.1, 0.15) is 61.4 Å². The molecule has 0 aromatic carbocycles. The molecule has 1 saturated heterocycles. The summed E-state index contributed by atoms with van der Waals surface area (Å²) in [5.41, 5.74) is 0.701. The van der Waals surface area contributed by atoms with Crippen LogP contribution in [0.25, 0.3) is 0 Å². The van der Waals surface area contributed by atoms with Crippen LogP contribution < -0.4 is 5.32 Å². The highest BCUT2D eigenvalue weighted by Crippen LogP contribution is 2.35. The molecule has 2 aromatic heterocycles. The lowest BCUT2D eigenvalue weighted by molar-refractivity contribution is -0.145. The number of aryl methyl sites for hydroxylation is 1. The van der Waals surface area contributed by atoms with Crippen LogP contribution in [0.4, 0.5) is 10.9 Å². The number of likely N-dealkylation sites (tertiary alicyclic amines) is 1. The molecule has 0 spiro atoms. The van der Waals surface area contributed by atoms with Crippen molar-refractivity contribution in [2.24, 2.45) is 11.8 Å². The highest BCUT2D eigenvalue weighted by Gasteiger charge is 2.36. The summed E-state index contributed by atoms with van der Waals surface area (Å²) >= 11 is 1.56. The Kier molecular flexibility index (Phi) is 7.40. The molecule has 0 bridgehead atoms. The number of pyridine rings is 1. The Morgan fingerprint density at radius 3 is 2.56 bits per heavy atom. The van der Waals surface area contributed by atoms with Gasteiger partial charge in [0.05, 0.1) is 12.8 Å². The molecule has 1 amide bonds. The molecule has 1 saturated carbocycles. The summed E-state index contributed by atoms with van der Waals surface area (Å²) in [6.45, 7) is 3.40. The lowest BCUT2D eigenvalue weighted by Crippen LogP contribution is -2.44. The van der Waals surface area contributed by atoms with Crippen molar-refractivity contribution >= 4 is 34.2 Å². The van der Waals surface area contributed by atoms with Gasteiger partial charge in [-0.15, -0.1) is 11.3 Å². The molecule has 2 aromatic rings. The van der Waals surface area contributed by atoms with Crippen LogP contribution in [0.2, 0.25) is 0 Å². The van der Waals surface area contributed by atoms with Crippen LogP contribution in [0.3, 0.4) is 0 Å². The Labute approximate surface area is 193 Å². The zero-order valence-corrected chi connectivity index (χ0v) is 19.7. The van der Waals surface area contributed by atoms with Crippen molar-refractivity contribution in [3.63, 3.8) is 0 Å². The van der Waals surface area contributed by atoms with Gasteiger partial charge in [0.1, 0.15) is 11.7 Å². The molecule has 2 aliphatic rings. The van der Waals surface area contributed by atoms with E-state index >= 15 is 0 Å². The SMILES string of the molecule is COC(=O)C(c1cccc(Nc2ncc(C)s2)n1)C1CCN(C(=O)C2CCCCC2)CC1. The Morgan fingerprint density at radius 2 is 1.91 bits per heavy atom. The number of carbonyl (C=O) groups is 2. The number of anilines is 2.